The number of hydrogen-bond donors (Lipinski definition) is 1. The Labute approximate surface area is 171 Å². The lowest BCUT2D eigenvalue weighted by molar-refractivity contribution is -0.326. The van der Waals surface area contributed by atoms with Crippen LogP contribution in [0.5, 0.6) is 0 Å². The van der Waals surface area contributed by atoms with E-state index in [2.05, 4.69) is 34.6 Å². The summed E-state index contributed by atoms with van der Waals surface area (Å²) < 4.78 is 0. The third kappa shape index (κ3) is 2.75. The van der Waals surface area contributed by atoms with E-state index >= 15 is 0 Å². The molecule has 0 aromatic heterocycles. The second kappa shape index (κ2) is 6.86. The Morgan fingerprint density at radius 2 is 1.79 bits per heavy atom. The molecule has 4 aliphatic rings. The van der Waals surface area contributed by atoms with Crippen molar-refractivity contribution in [3.63, 3.8) is 0 Å². The monoisotopic (exact) mass is 387 g/mol. The molecule has 0 aromatic rings. The van der Waals surface area contributed by atoms with Crippen LogP contribution >= 0.6 is 0 Å². The molecule has 0 unspecified atom stereocenters. The van der Waals surface area contributed by atoms with Crippen LogP contribution in [-0.4, -0.2) is 16.7 Å². The van der Waals surface area contributed by atoms with Crippen LogP contribution in [0.1, 0.15) is 86.0 Å². The largest absolute Gasteiger partial charge is 0.550 e. The fraction of sp³-hybridized carbons (Fsp3) is 0.880. The van der Waals surface area contributed by atoms with Crippen molar-refractivity contribution in [1.29, 1.82) is 0 Å². The number of carboxylic acids is 1. The first-order chi connectivity index (χ1) is 13.1. The molecule has 3 saturated carbocycles. The molecule has 8 atom stereocenters. The standard InChI is InChI=1S/C25H40O3/c1-14(2)18-10-11-24(23(26)27)12-21-16(4)7-8-19-15(3)6-9-20(19)17(5)25(21,28)13-22(18)24/h14-16,18-19,21-22,28H,6-13H2,1-5H3,(H,26,27)/p-1/t15-,16+,18-,19+,21-,22+,24+,25+/m1/s1. The van der Waals surface area contributed by atoms with Gasteiger partial charge in [0.25, 0.3) is 0 Å². The van der Waals surface area contributed by atoms with Crippen molar-refractivity contribution in [2.24, 2.45) is 46.8 Å². The van der Waals surface area contributed by atoms with Gasteiger partial charge in [0.15, 0.2) is 0 Å². The molecule has 1 N–H and O–H groups in total. The third-order valence-corrected chi connectivity index (χ3v) is 9.90. The summed E-state index contributed by atoms with van der Waals surface area (Å²) in [5, 5.41) is 24.7. The van der Waals surface area contributed by atoms with E-state index in [0.717, 1.165) is 25.7 Å². The second-order valence-electron chi connectivity index (χ2n) is 11.3. The number of carbonyl (C=O) groups is 1. The molecule has 0 saturated heterocycles. The predicted octanol–water partition coefficient (Wildman–Crippen LogP) is 4.34. The zero-order valence-electron chi connectivity index (χ0n) is 18.5. The molecule has 28 heavy (non-hydrogen) atoms. The average Bonchev–Trinajstić information content (AvgIpc) is 3.18. The molecular formula is C25H39O3-. The minimum Gasteiger partial charge on any atom is -0.550 e. The average molecular weight is 388 g/mol. The van der Waals surface area contributed by atoms with Crippen LogP contribution in [0.4, 0.5) is 0 Å². The lowest BCUT2D eigenvalue weighted by atomic mass is 9.51. The van der Waals surface area contributed by atoms with Crippen LogP contribution in [0.3, 0.4) is 0 Å². The number of allylic oxidation sites excluding steroid dienone is 1. The molecule has 3 heteroatoms. The Hall–Kier alpha value is -0.830. The number of aliphatic carboxylic acids is 1. The second-order valence-corrected chi connectivity index (χ2v) is 11.3. The Morgan fingerprint density at radius 3 is 2.43 bits per heavy atom. The van der Waals surface area contributed by atoms with Crippen molar-refractivity contribution in [2.75, 3.05) is 0 Å². The summed E-state index contributed by atoms with van der Waals surface area (Å²) in [4.78, 5) is 12.5. The Bertz CT molecular complexity index is 679. The fourth-order valence-electron chi connectivity index (χ4n) is 8.07. The third-order valence-electron chi connectivity index (χ3n) is 9.90. The van der Waals surface area contributed by atoms with Gasteiger partial charge in [-0.15, -0.1) is 0 Å². The minimum atomic E-state index is -0.852. The lowest BCUT2D eigenvalue weighted by Crippen LogP contribution is -2.59. The van der Waals surface area contributed by atoms with Crippen molar-refractivity contribution in [2.45, 2.75) is 91.6 Å². The van der Waals surface area contributed by atoms with Crippen LogP contribution in [0, 0.1) is 46.8 Å². The maximum absolute atomic E-state index is 12.5. The van der Waals surface area contributed by atoms with Gasteiger partial charge in [0.1, 0.15) is 0 Å². The first-order valence-corrected chi connectivity index (χ1v) is 11.8. The van der Waals surface area contributed by atoms with E-state index in [-0.39, 0.29) is 11.8 Å². The molecule has 0 aromatic carbocycles. The quantitative estimate of drug-likeness (QED) is 0.717. The van der Waals surface area contributed by atoms with Crippen molar-refractivity contribution in [3.8, 4) is 0 Å². The van der Waals surface area contributed by atoms with Gasteiger partial charge in [0, 0.05) is 11.4 Å². The summed E-state index contributed by atoms with van der Waals surface area (Å²) >= 11 is 0. The highest BCUT2D eigenvalue weighted by molar-refractivity contribution is 5.74. The maximum atomic E-state index is 12.5. The molecule has 0 aliphatic heterocycles. The minimum absolute atomic E-state index is 0.0388. The van der Waals surface area contributed by atoms with E-state index in [0.29, 0.717) is 42.4 Å². The summed E-state index contributed by atoms with van der Waals surface area (Å²) in [6.07, 6.45) is 7.55. The topological polar surface area (TPSA) is 60.4 Å². The first kappa shape index (κ1) is 20.4. The van der Waals surface area contributed by atoms with Gasteiger partial charge < -0.3 is 15.0 Å². The van der Waals surface area contributed by atoms with E-state index in [1.807, 2.05) is 0 Å². The summed E-state index contributed by atoms with van der Waals surface area (Å²) in [6.45, 7) is 11.2. The molecule has 3 fully saturated rings. The van der Waals surface area contributed by atoms with E-state index in [1.54, 1.807) is 0 Å². The van der Waals surface area contributed by atoms with E-state index in [1.165, 1.54) is 24.0 Å². The molecule has 0 radical (unpaired) electrons. The Morgan fingerprint density at radius 1 is 1.07 bits per heavy atom. The van der Waals surface area contributed by atoms with E-state index < -0.39 is 17.0 Å². The molecule has 0 amide bonds. The highest BCUT2D eigenvalue weighted by Gasteiger charge is 2.61. The number of carbonyl (C=O) groups excluding carboxylic acids is 1. The zero-order chi connectivity index (χ0) is 20.4. The first-order valence-electron chi connectivity index (χ1n) is 11.8. The van der Waals surface area contributed by atoms with Crippen molar-refractivity contribution in [1.82, 2.24) is 0 Å². The van der Waals surface area contributed by atoms with Crippen molar-refractivity contribution < 1.29 is 15.0 Å². The van der Waals surface area contributed by atoms with Gasteiger partial charge >= 0.3 is 0 Å². The number of aliphatic hydroxyl groups is 1. The molecule has 4 aliphatic carbocycles. The molecule has 0 heterocycles. The maximum Gasteiger partial charge on any atom is 0.0890 e. The van der Waals surface area contributed by atoms with Gasteiger partial charge in [-0.05, 0) is 105 Å². The molecule has 4 rings (SSSR count). The zero-order valence-corrected chi connectivity index (χ0v) is 18.5. The Kier molecular flexibility index (Phi) is 5.01. The van der Waals surface area contributed by atoms with Gasteiger partial charge in [-0.3, -0.25) is 0 Å². The van der Waals surface area contributed by atoms with Crippen LogP contribution in [0.25, 0.3) is 0 Å². The lowest BCUT2D eigenvalue weighted by Gasteiger charge is -2.56. The summed E-state index contributed by atoms with van der Waals surface area (Å²) in [7, 11) is 0. The normalized spacial score (nSPS) is 48.7. The van der Waals surface area contributed by atoms with Crippen molar-refractivity contribution in [3.05, 3.63) is 11.1 Å². The smallest absolute Gasteiger partial charge is 0.0890 e. The van der Waals surface area contributed by atoms with Gasteiger partial charge in [0.2, 0.25) is 0 Å². The molecule has 3 nitrogen and oxygen atoms in total. The number of hydrogen-bond acceptors (Lipinski definition) is 3. The van der Waals surface area contributed by atoms with Gasteiger partial charge in [-0.25, -0.2) is 0 Å². The number of rotatable bonds is 2. The molecule has 0 spiro atoms. The molecule has 0 bridgehead atoms. The van der Waals surface area contributed by atoms with Crippen LogP contribution in [-0.2, 0) is 4.79 Å². The van der Waals surface area contributed by atoms with Crippen LogP contribution in [0.2, 0.25) is 0 Å². The number of carboxylic acid groups (broad SMARTS) is 1. The van der Waals surface area contributed by atoms with E-state index in [9.17, 15) is 15.0 Å². The van der Waals surface area contributed by atoms with Gasteiger partial charge in [0.05, 0.1) is 5.60 Å². The van der Waals surface area contributed by atoms with Crippen molar-refractivity contribution >= 4 is 5.97 Å². The molecule has 158 valence electrons. The fourth-order valence-corrected chi connectivity index (χ4v) is 8.07. The van der Waals surface area contributed by atoms with E-state index in [4.69, 9.17) is 0 Å². The molecular weight excluding hydrogens is 348 g/mol. The highest BCUT2D eigenvalue weighted by Crippen LogP contribution is 2.64. The SMILES string of the molecule is CC1=C2CC[C@@H](C)[C@@H]2CC[C@H](C)[C@H]2C[C@@]3(C(=O)[O-])CC[C@H](C(C)C)[C@@H]3C[C@]12O. The predicted molar refractivity (Wildman–Crippen MR) is 109 cm³/mol. The highest BCUT2D eigenvalue weighted by atomic mass is 16.4. The number of fused-ring (bicyclic) bond motifs is 3. The van der Waals surface area contributed by atoms with Gasteiger partial charge in [-0.1, -0.05) is 33.3 Å². The summed E-state index contributed by atoms with van der Waals surface area (Å²) in [5.41, 5.74) is 1.15. The van der Waals surface area contributed by atoms with Gasteiger partial charge in [-0.2, -0.15) is 0 Å². The van der Waals surface area contributed by atoms with Crippen LogP contribution in [0.15, 0.2) is 11.1 Å². The Balaban J connectivity index is 1.81. The van der Waals surface area contributed by atoms with Crippen LogP contribution < -0.4 is 5.11 Å². The summed E-state index contributed by atoms with van der Waals surface area (Å²) in [5.74, 6) is 1.72. The summed E-state index contributed by atoms with van der Waals surface area (Å²) in [6, 6.07) is 0.